The lowest BCUT2D eigenvalue weighted by Gasteiger charge is -2.33. The number of nitrogens with one attached hydrogen (secondary N) is 1. The van der Waals surface area contributed by atoms with Crippen LogP contribution in [0.5, 0.6) is 0 Å². The first-order chi connectivity index (χ1) is 14.8. The van der Waals surface area contributed by atoms with Gasteiger partial charge in [-0.2, -0.15) is 5.26 Å². The minimum absolute atomic E-state index is 0.133. The third-order valence-electron chi connectivity index (χ3n) is 5.61. The molecule has 31 heavy (non-hydrogen) atoms. The number of carbonyl (C=O) groups excluding carboxylic acids is 1. The van der Waals surface area contributed by atoms with Gasteiger partial charge in [-0.1, -0.05) is 50.7 Å². The highest BCUT2D eigenvalue weighted by Gasteiger charge is 2.32. The molecule has 1 aliphatic carbocycles. The number of anilines is 1. The lowest BCUT2D eigenvalue weighted by molar-refractivity contribution is -0.113. The molecule has 0 spiro atoms. The number of thiophene rings is 1. The predicted molar refractivity (Wildman–Crippen MR) is 123 cm³/mol. The van der Waals surface area contributed by atoms with Crippen LogP contribution in [0.4, 0.5) is 5.00 Å². The van der Waals surface area contributed by atoms with Gasteiger partial charge in [0.2, 0.25) is 11.8 Å². The minimum atomic E-state index is -0.188. The number of nitrogens with zero attached hydrogens (tertiary/aromatic N) is 3. The van der Waals surface area contributed by atoms with E-state index in [2.05, 4.69) is 42.4 Å². The number of carbonyl (C=O) groups is 1. The smallest absolute Gasteiger partial charge is 0.277 e. The van der Waals surface area contributed by atoms with Crippen molar-refractivity contribution in [1.82, 2.24) is 10.2 Å². The van der Waals surface area contributed by atoms with Crippen molar-refractivity contribution in [3.63, 3.8) is 0 Å². The molecule has 4 rings (SSSR count). The summed E-state index contributed by atoms with van der Waals surface area (Å²) in [4.78, 5) is 13.8. The zero-order valence-corrected chi connectivity index (χ0v) is 19.4. The van der Waals surface area contributed by atoms with Crippen LogP contribution >= 0.6 is 23.1 Å². The summed E-state index contributed by atoms with van der Waals surface area (Å²) in [5.41, 5.74) is 2.80. The predicted octanol–water partition coefficient (Wildman–Crippen LogP) is 5.55. The summed E-state index contributed by atoms with van der Waals surface area (Å²) in [5, 5.41) is 21.7. The molecule has 8 heteroatoms. The van der Waals surface area contributed by atoms with Gasteiger partial charge in [-0.3, -0.25) is 4.79 Å². The summed E-state index contributed by atoms with van der Waals surface area (Å²) in [6.07, 6.45) is 2.94. The Labute approximate surface area is 190 Å². The molecule has 0 aliphatic heterocycles. The van der Waals surface area contributed by atoms with E-state index in [-0.39, 0.29) is 17.1 Å². The standard InChI is InChI=1S/C23H24N4O2S2/c1-23(2,3)15-9-10-16-17(12-24)21(31-18(16)11-15)25-19(28)13-30-22-27-26-20(29-22)14-7-5-4-6-8-14/h4-8,15H,9-11,13H2,1-3H3,(H,25,28)/t15-/m1/s1. The van der Waals surface area contributed by atoms with E-state index in [9.17, 15) is 10.1 Å². The second kappa shape index (κ2) is 8.85. The Morgan fingerprint density at radius 1 is 1.32 bits per heavy atom. The van der Waals surface area contributed by atoms with Crippen molar-refractivity contribution < 1.29 is 9.21 Å². The van der Waals surface area contributed by atoms with Crippen molar-refractivity contribution in [3.05, 3.63) is 46.3 Å². The van der Waals surface area contributed by atoms with Crippen LogP contribution in [0.3, 0.4) is 0 Å². The number of nitriles is 1. The van der Waals surface area contributed by atoms with Crippen LogP contribution in [0.25, 0.3) is 11.5 Å². The fraction of sp³-hybridized carbons (Fsp3) is 0.391. The minimum Gasteiger partial charge on any atom is -0.411 e. The van der Waals surface area contributed by atoms with Crippen molar-refractivity contribution in [1.29, 1.82) is 5.26 Å². The molecular formula is C23H24N4O2S2. The summed E-state index contributed by atoms with van der Waals surface area (Å²) in [6.45, 7) is 6.80. The van der Waals surface area contributed by atoms with Crippen LogP contribution in [-0.2, 0) is 17.6 Å². The molecule has 2 heterocycles. The van der Waals surface area contributed by atoms with Gasteiger partial charge in [0.05, 0.1) is 11.3 Å². The Morgan fingerprint density at radius 3 is 2.81 bits per heavy atom. The summed E-state index contributed by atoms with van der Waals surface area (Å²) in [7, 11) is 0. The third kappa shape index (κ3) is 4.83. The van der Waals surface area contributed by atoms with Crippen LogP contribution in [0.2, 0.25) is 0 Å². The molecule has 0 saturated heterocycles. The molecule has 2 aromatic heterocycles. The van der Waals surface area contributed by atoms with E-state index in [1.165, 1.54) is 16.6 Å². The number of aromatic nitrogens is 2. The molecule has 0 radical (unpaired) electrons. The quantitative estimate of drug-likeness (QED) is 0.510. The summed E-state index contributed by atoms with van der Waals surface area (Å²) in [5.74, 6) is 0.955. The number of amides is 1. The highest BCUT2D eigenvalue weighted by atomic mass is 32.2. The highest BCUT2D eigenvalue weighted by Crippen LogP contribution is 2.44. The number of hydrogen-bond acceptors (Lipinski definition) is 7. The second-order valence-electron chi connectivity index (χ2n) is 8.70. The fourth-order valence-corrected chi connectivity index (χ4v) is 5.64. The Balaban J connectivity index is 1.40. The van der Waals surface area contributed by atoms with Gasteiger partial charge in [-0.15, -0.1) is 21.5 Å². The van der Waals surface area contributed by atoms with Gasteiger partial charge in [0.15, 0.2) is 0 Å². The topological polar surface area (TPSA) is 91.8 Å². The van der Waals surface area contributed by atoms with E-state index in [0.717, 1.165) is 30.4 Å². The first-order valence-electron chi connectivity index (χ1n) is 10.2. The van der Waals surface area contributed by atoms with Crippen LogP contribution in [0.1, 0.15) is 43.2 Å². The molecule has 0 saturated carbocycles. The number of benzene rings is 1. The molecule has 6 nitrogen and oxygen atoms in total. The maximum Gasteiger partial charge on any atom is 0.277 e. The molecule has 160 valence electrons. The summed E-state index contributed by atoms with van der Waals surface area (Å²) >= 11 is 2.73. The second-order valence-corrected chi connectivity index (χ2v) is 10.7. The molecule has 1 amide bonds. The number of rotatable bonds is 5. The zero-order chi connectivity index (χ0) is 22.0. The van der Waals surface area contributed by atoms with E-state index in [4.69, 9.17) is 4.42 Å². The van der Waals surface area contributed by atoms with Gasteiger partial charge >= 0.3 is 0 Å². The van der Waals surface area contributed by atoms with Crippen molar-refractivity contribution in [2.45, 2.75) is 45.3 Å². The monoisotopic (exact) mass is 452 g/mol. The van der Waals surface area contributed by atoms with Gasteiger partial charge in [-0.05, 0) is 48.3 Å². The van der Waals surface area contributed by atoms with Gasteiger partial charge in [0.25, 0.3) is 5.22 Å². The molecule has 1 N–H and O–H groups in total. The van der Waals surface area contributed by atoms with Gasteiger partial charge in [0.1, 0.15) is 11.1 Å². The Hall–Kier alpha value is -2.63. The van der Waals surface area contributed by atoms with Crippen LogP contribution in [0, 0.1) is 22.7 Å². The van der Waals surface area contributed by atoms with Gasteiger partial charge in [-0.25, -0.2) is 0 Å². The number of fused-ring (bicyclic) bond motifs is 1. The molecule has 0 unspecified atom stereocenters. The van der Waals surface area contributed by atoms with Crippen LogP contribution in [0.15, 0.2) is 40.0 Å². The van der Waals surface area contributed by atoms with Crippen LogP contribution < -0.4 is 5.32 Å². The third-order valence-corrected chi connectivity index (χ3v) is 7.60. The average Bonchev–Trinajstić information content (AvgIpc) is 3.36. The Morgan fingerprint density at radius 2 is 2.10 bits per heavy atom. The Bertz CT molecular complexity index is 1120. The molecular weight excluding hydrogens is 428 g/mol. The first-order valence-corrected chi connectivity index (χ1v) is 12.0. The zero-order valence-electron chi connectivity index (χ0n) is 17.8. The SMILES string of the molecule is CC(C)(C)[C@@H]1CCc2c(sc(NC(=O)CSc3nnc(-c4ccccc4)o3)c2C#N)C1. The van der Waals surface area contributed by atoms with Crippen LogP contribution in [-0.4, -0.2) is 21.9 Å². The molecule has 0 bridgehead atoms. The van der Waals surface area contributed by atoms with Crippen molar-refractivity contribution in [2.75, 3.05) is 11.1 Å². The van der Waals surface area contributed by atoms with E-state index >= 15 is 0 Å². The van der Waals surface area contributed by atoms with E-state index in [1.807, 2.05) is 30.3 Å². The highest BCUT2D eigenvalue weighted by molar-refractivity contribution is 7.99. The molecule has 1 aliphatic rings. The van der Waals surface area contributed by atoms with Crippen molar-refractivity contribution >= 4 is 34.0 Å². The molecule has 3 aromatic rings. The average molecular weight is 453 g/mol. The molecule has 0 fully saturated rings. The summed E-state index contributed by atoms with van der Waals surface area (Å²) in [6, 6.07) is 11.8. The maximum absolute atomic E-state index is 12.5. The lowest BCUT2D eigenvalue weighted by atomic mass is 9.72. The van der Waals surface area contributed by atoms with E-state index < -0.39 is 0 Å². The van der Waals surface area contributed by atoms with Gasteiger partial charge in [0, 0.05) is 10.4 Å². The van der Waals surface area contributed by atoms with Crippen molar-refractivity contribution in [3.8, 4) is 17.5 Å². The maximum atomic E-state index is 12.5. The fourth-order valence-electron chi connectivity index (χ4n) is 3.79. The number of thioether (sulfide) groups is 1. The number of hydrogen-bond donors (Lipinski definition) is 1. The first kappa shape index (κ1) is 21.6. The van der Waals surface area contributed by atoms with E-state index in [0.29, 0.717) is 27.6 Å². The normalized spacial score (nSPS) is 15.9. The molecule has 1 atom stereocenters. The lowest BCUT2D eigenvalue weighted by Crippen LogP contribution is -2.26. The summed E-state index contributed by atoms with van der Waals surface area (Å²) < 4.78 is 5.64. The molecule has 1 aromatic carbocycles. The largest absolute Gasteiger partial charge is 0.411 e. The van der Waals surface area contributed by atoms with E-state index in [1.54, 1.807) is 11.3 Å². The Kier molecular flexibility index (Phi) is 6.17. The van der Waals surface area contributed by atoms with Gasteiger partial charge < -0.3 is 9.73 Å². The van der Waals surface area contributed by atoms with Crippen molar-refractivity contribution in [2.24, 2.45) is 11.3 Å².